The topological polar surface area (TPSA) is 18.5 Å². The Hall–Kier alpha value is -0.670. The zero-order chi connectivity index (χ0) is 12.1. The molecule has 1 aliphatic rings. The van der Waals surface area contributed by atoms with E-state index in [1.807, 2.05) is 0 Å². The fourth-order valence-electron chi connectivity index (χ4n) is 1.75. The minimum absolute atomic E-state index is 0.390. The number of ether oxygens (including phenoxy) is 2. The Bertz CT molecular complexity index is 329. The van der Waals surface area contributed by atoms with E-state index in [9.17, 15) is 0 Å². The van der Waals surface area contributed by atoms with Gasteiger partial charge in [0.15, 0.2) is 4.90 Å². The van der Waals surface area contributed by atoms with Gasteiger partial charge in [-0.2, -0.15) is 0 Å². The minimum Gasteiger partial charge on any atom is -0.493 e. The van der Waals surface area contributed by atoms with Crippen LogP contribution < -0.4 is 4.74 Å². The van der Waals surface area contributed by atoms with E-state index >= 15 is 0 Å². The summed E-state index contributed by atoms with van der Waals surface area (Å²) in [5.41, 5.74) is 0. The molecule has 3 heteroatoms. The molecule has 94 valence electrons. The highest BCUT2D eigenvalue weighted by Crippen LogP contribution is 2.20. The quantitative estimate of drug-likeness (QED) is 0.768. The van der Waals surface area contributed by atoms with Crippen LogP contribution in [-0.4, -0.2) is 31.3 Å². The highest BCUT2D eigenvalue weighted by atomic mass is 32.2. The molecule has 0 radical (unpaired) electrons. The van der Waals surface area contributed by atoms with Gasteiger partial charge in [-0.1, -0.05) is 13.8 Å². The van der Waals surface area contributed by atoms with Crippen LogP contribution in [0.4, 0.5) is 0 Å². The molecule has 0 saturated carbocycles. The summed E-state index contributed by atoms with van der Waals surface area (Å²) in [6, 6.07) is 8.62. The molecule has 0 atom stereocenters. The van der Waals surface area contributed by atoms with Gasteiger partial charge in [-0.05, 0) is 30.2 Å². The summed E-state index contributed by atoms with van der Waals surface area (Å²) < 4.78 is 11.1. The molecule has 0 aliphatic carbocycles. The molecule has 1 heterocycles. The molecule has 1 aromatic carbocycles. The molecule has 2 nitrogen and oxygen atoms in total. The molecular formula is C14H21O2S+. The van der Waals surface area contributed by atoms with Crippen molar-refractivity contribution in [2.75, 3.05) is 31.3 Å². The normalized spacial score (nSPS) is 17.4. The number of benzene rings is 1. The molecular weight excluding hydrogens is 232 g/mol. The lowest BCUT2D eigenvalue weighted by Gasteiger charge is -2.14. The fourth-order valence-corrected chi connectivity index (χ4v) is 3.58. The Morgan fingerprint density at radius 1 is 1.18 bits per heavy atom. The van der Waals surface area contributed by atoms with Crippen LogP contribution in [0.1, 0.15) is 13.8 Å². The maximum Gasteiger partial charge on any atom is 0.155 e. The molecule has 1 aromatic rings. The van der Waals surface area contributed by atoms with Gasteiger partial charge in [-0.3, -0.25) is 0 Å². The Kier molecular flexibility index (Phi) is 4.75. The molecule has 1 saturated heterocycles. The van der Waals surface area contributed by atoms with E-state index < -0.39 is 0 Å². The van der Waals surface area contributed by atoms with Crippen LogP contribution in [0.2, 0.25) is 0 Å². The standard InChI is InChI=1S/C14H21O2S/c1-12(2)11-16-13-3-5-14(6-4-13)17-9-7-15-8-10-17/h3-6,12H,7-11H2,1-2H3/q+1. The highest BCUT2D eigenvalue weighted by molar-refractivity contribution is 7.97. The molecule has 0 bridgehead atoms. The second-order valence-electron chi connectivity index (χ2n) is 4.69. The SMILES string of the molecule is CC(C)COc1ccc([S+]2CCOCC2)cc1. The lowest BCUT2D eigenvalue weighted by molar-refractivity contribution is 0.159. The van der Waals surface area contributed by atoms with Gasteiger partial charge in [0.25, 0.3) is 0 Å². The first-order valence-electron chi connectivity index (χ1n) is 6.24. The molecule has 0 aromatic heterocycles. The predicted molar refractivity (Wildman–Crippen MR) is 73.0 cm³/mol. The van der Waals surface area contributed by atoms with E-state index in [0.29, 0.717) is 16.8 Å². The molecule has 0 unspecified atom stereocenters. The van der Waals surface area contributed by atoms with Gasteiger partial charge in [0, 0.05) is 10.9 Å². The first kappa shape index (κ1) is 12.8. The lowest BCUT2D eigenvalue weighted by Crippen LogP contribution is -2.26. The molecule has 1 fully saturated rings. The van der Waals surface area contributed by atoms with E-state index in [1.54, 1.807) is 0 Å². The van der Waals surface area contributed by atoms with Crippen molar-refractivity contribution in [1.82, 2.24) is 0 Å². The first-order chi connectivity index (χ1) is 8.25. The van der Waals surface area contributed by atoms with Crippen LogP contribution in [0.25, 0.3) is 0 Å². The Labute approximate surface area is 107 Å². The van der Waals surface area contributed by atoms with Crippen molar-refractivity contribution in [3.05, 3.63) is 24.3 Å². The van der Waals surface area contributed by atoms with Crippen LogP contribution in [0.15, 0.2) is 29.2 Å². The maximum atomic E-state index is 5.69. The summed E-state index contributed by atoms with van der Waals surface area (Å²) in [4.78, 5) is 1.45. The summed E-state index contributed by atoms with van der Waals surface area (Å²) in [6.07, 6.45) is 0. The van der Waals surface area contributed by atoms with Gasteiger partial charge in [-0.15, -0.1) is 0 Å². The van der Waals surface area contributed by atoms with Crippen molar-refractivity contribution >= 4 is 10.9 Å². The molecule has 17 heavy (non-hydrogen) atoms. The smallest absolute Gasteiger partial charge is 0.155 e. The second-order valence-corrected chi connectivity index (χ2v) is 6.96. The van der Waals surface area contributed by atoms with Crippen molar-refractivity contribution in [2.24, 2.45) is 5.92 Å². The van der Waals surface area contributed by atoms with E-state index in [-0.39, 0.29) is 0 Å². The van der Waals surface area contributed by atoms with Gasteiger partial charge in [-0.25, -0.2) is 0 Å². The zero-order valence-corrected chi connectivity index (χ0v) is 11.5. The lowest BCUT2D eigenvalue weighted by atomic mass is 10.2. The highest BCUT2D eigenvalue weighted by Gasteiger charge is 2.24. The van der Waals surface area contributed by atoms with Crippen molar-refractivity contribution in [3.8, 4) is 5.75 Å². The van der Waals surface area contributed by atoms with Crippen molar-refractivity contribution < 1.29 is 9.47 Å². The molecule has 0 N–H and O–H groups in total. The third kappa shape index (κ3) is 3.93. The molecule has 2 rings (SSSR count). The van der Waals surface area contributed by atoms with E-state index in [1.165, 1.54) is 16.4 Å². The third-order valence-electron chi connectivity index (χ3n) is 2.69. The Morgan fingerprint density at radius 3 is 2.41 bits per heavy atom. The summed E-state index contributed by atoms with van der Waals surface area (Å²) in [7, 11) is 0.390. The van der Waals surface area contributed by atoms with Crippen LogP contribution in [0.5, 0.6) is 5.75 Å². The predicted octanol–water partition coefficient (Wildman–Crippen LogP) is 2.73. The van der Waals surface area contributed by atoms with E-state index in [4.69, 9.17) is 9.47 Å². The Balaban J connectivity index is 1.92. The summed E-state index contributed by atoms with van der Waals surface area (Å²) >= 11 is 0. The van der Waals surface area contributed by atoms with E-state index in [2.05, 4.69) is 38.1 Å². The second kappa shape index (κ2) is 6.31. The number of rotatable bonds is 4. The third-order valence-corrected chi connectivity index (χ3v) is 4.95. The molecule has 1 aliphatic heterocycles. The average molecular weight is 253 g/mol. The van der Waals surface area contributed by atoms with Gasteiger partial charge < -0.3 is 9.47 Å². The summed E-state index contributed by atoms with van der Waals surface area (Å²) in [5, 5.41) is 0. The summed E-state index contributed by atoms with van der Waals surface area (Å²) in [6.45, 7) is 6.94. The molecule has 0 spiro atoms. The molecule has 0 amide bonds. The average Bonchev–Trinajstić information content (AvgIpc) is 2.38. The van der Waals surface area contributed by atoms with Crippen LogP contribution in [0.3, 0.4) is 0 Å². The van der Waals surface area contributed by atoms with Crippen molar-refractivity contribution in [2.45, 2.75) is 18.7 Å². The van der Waals surface area contributed by atoms with E-state index in [0.717, 1.165) is 25.6 Å². The van der Waals surface area contributed by atoms with Crippen LogP contribution >= 0.6 is 0 Å². The largest absolute Gasteiger partial charge is 0.493 e. The van der Waals surface area contributed by atoms with Gasteiger partial charge in [0.1, 0.15) is 17.3 Å². The maximum absolute atomic E-state index is 5.69. The van der Waals surface area contributed by atoms with Gasteiger partial charge in [0.2, 0.25) is 0 Å². The van der Waals surface area contributed by atoms with Crippen molar-refractivity contribution in [1.29, 1.82) is 0 Å². The van der Waals surface area contributed by atoms with Crippen LogP contribution in [-0.2, 0) is 15.6 Å². The zero-order valence-electron chi connectivity index (χ0n) is 10.6. The van der Waals surface area contributed by atoms with Crippen molar-refractivity contribution in [3.63, 3.8) is 0 Å². The Morgan fingerprint density at radius 2 is 1.82 bits per heavy atom. The minimum atomic E-state index is 0.390. The van der Waals surface area contributed by atoms with Gasteiger partial charge >= 0.3 is 0 Å². The first-order valence-corrected chi connectivity index (χ1v) is 7.80. The summed E-state index contributed by atoms with van der Waals surface area (Å²) in [5.74, 6) is 3.91. The van der Waals surface area contributed by atoms with Gasteiger partial charge in [0.05, 0.1) is 19.8 Å². The number of hydrogen-bond acceptors (Lipinski definition) is 2. The number of hydrogen-bond donors (Lipinski definition) is 0. The van der Waals surface area contributed by atoms with Crippen LogP contribution in [0, 0.1) is 5.92 Å². The fraction of sp³-hybridized carbons (Fsp3) is 0.571. The monoisotopic (exact) mass is 253 g/mol.